The van der Waals surface area contributed by atoms with Crippen molar-refractivity contribution in [3.8, 4) is 0 Å². The summed E-state index contributed by atoms with van der Waals surface area (Å²) in [5.41, 5.74) is 8.76. The number of nitrogen functional groups attached to an aromatic ring is 1. The molecule has 0 bridgehead atoms. The number of carbonyl (C=O) groups excluding carboxylic acids is 1. The first kappa shape index (κ1) is 14.1. The van der Waals surface area contributed by atoms with Crippen LogP contribution in [0.1, 0.15) is 21.5 Å². The molecule has 0 saturated heterocycles. The van der Waals surface area contributed by atoms with Crippen LogP contribution in [0.25, 0.3) is 0 Å². The molecule has 0 aromatic heterocycles. The van der Waals surface area contributed by atoms with Crippen LogP contribution in [-0.2, 0) is 6.42 Å². The van der Waals surface area contributed by atoms with Crippen molar-refractivity contribution in [1.82, 2.24) is 5.32 Å². The first-order valence-electron chi connectivity index (χ1n) is 6.45. The molecule has 0 aliphatic rings. The molecule has 1 amide bonds. The summed E-state index contributed by atoms with van der Waals surface area (Å²) in [5.74, 6) is -0.375. The topological polar surface area (TPSA) is 55.1 Å². The highest BCUT2D eigenvalue weighted by Gasteiger charge is 2.08. The molecule has 2 rings (SSSR count). The number of nitrogens with two attached hydrogens (primary N) is 1. The van der Waals surface area contributed by atoms with Crippen molar-refractivity contribution >= 4 is 11.6 Å². The Morgan fingerprint density at radius 2 is 1.90 bits per heavy atom. The van der Waals surface area contributed by atoms with Crippen LogP contribution in [0.4, 0.5) is 10.1 Å². The van der Waals surface area contributed by atoms with Gasteiger partial charge in [-0.3, -0.25) is 4.79 Å². The molecule has 0 radical (unpaired) electrons. The number of anilines is 1. The average Bonchev–Trinajstić information content (AvgIpc) is 2.41. The van der Waals surface area contributed by atoms with Gasteiger partial charge >= 0.3 is 0 Å². The SMILES string of the molecule is Cc1cc(N)ccc1C(=O)NCCc1ccc(F)cc1. The Morgan fingerprint density at radius 3 is 2.55 bits per heavy atom. The molecular weight excluding hydrogens is 255 g/mol. The largest absolute Gasteiger partial charge is 0.399 e. The number of halogens is 1. The van der Waals surface area contributed by atoms with Crippen LogP contribution in [0.2, 0.25) is 0 Å². The number of aryl methyl sites for hydroxylation is 1. The fourth-order valence-electron chi connectivity index (χ4n) is 2.01. The molecule has 0 fully saturated rings. The molecule has 0 aliphatic heterocycles. The molecule has 104 valence electrons. The van der Waals surface area contributed by atoms with E-state index in [0.717, 1.165) is 11.1 Å². The molecule has 2 aromatic rings. The summed E-state index contributed by atoms with van der Waals surface area (Å²) in [7, 11) is 0. The third kappa shape index (κ3) is 3.57. The number of benzene rings is 2. The number of hydrogen-bond acceptors (Lipinski definition) is 2. The standard InChI is InChI=1S/C16H17FN2O/c1-11-10-14(18)6-7-15(11)16(20)19-9-8-12-2-4-13(17)5-3-12/h2-7,10H,8-9,18H2,1H3,(H,19,20). The lowest BCUT2D eigenvalue weighted by molar-refractivity contribution is 0.0953. The van der Waals surface area contributed by atoms with Gasteiger partial charge in [-0.25, -0.2) is 4.39 Å². The smallest absolute Gasteiger partial charge is 0.251 e. The second-order valence-electron chi connectivity index (χ2n) is 4.71. The van der Waals surface area contributed by atoms with Gasteiger partial charge in [0.1, 0.15) is 5.82 Å². The van der Waals surface area contributed by atoms with E-state index in [2.05, 4.69) is 5.32 Å². The van der Waals surface area contributed by atoms with Crippen molar-refractivity contribution in [3.05, 3.63) is 65.0 Å². The second kappa shape index (κ2) is 6.19. The van der Waals surface area contributed by atoms with Crippen molar-refractivity contribution < 1.29 is 9.18 Å². The quantitative estimate of drug-likeness (QED) is 0.841. The fraction of sp³-hybridized carbons (Fsp3) is 0.188. The van der Waals surface area contributed by atoms with Gasteiger partial charge in [0.2, 0.25) is 0 Å². The monoisotopic (exact) mass is 272 g/mol. The van der Waals surface area contributed by atoms with E-state index < -0.39 is 0 Å². The second-order valence-corrected chi connectivity index (χ2v) is 4.71. The van der Waals surface area contributed by atoms with Crippen LogP contribution in [0.3, 0.4) is 0 Å². The van der Waals surface area contributed by atoms with Crippen molar-refractivity contribution in [1.29, 1.82) is 0 Å². The Balaban J connectivity index is 1.90. The lowest BCUT2D eigenvalue weighted by Crippen LogP contribution is -2.26. The van der Waals surface area contributed by atoms with E-state index in [0.29, 0.717) is 24.2 Å². The number of nitrogens with one attached hydrogen (secondary N) is 1. The Hall–Kier alpha value is -2.36. The molecule has 0 aliphatic carbocycles. The number of amides is 1. The molecule has 0 unspecified atom stereocenters. The van der Waals surface area contributed by atoms with Gasteiger partial charge in [0.25, 0.3) is 5.91 Å². The van der Waals surface area contributed by atoms with Gasteiger partial charge in [-0.2, -0.15) is 0 Å². The van der Waals surface area contributed by atoms with E-state index in [1.54, 1.807) is 30.3 Å². The summed E-state index contributed by atoms with van der Waals surface area (Å²) in [6, 6.07) is 11.5. The highest BCUT2D eigenvalue weighted by molar-refractivity contribution is 5.95. The zero-order chi connectivity index (χ0) is 14.5. The molecule has 0 heterocycles. The van der Waals surface area contributed by atoms with Crippen LogP contribution in [0.15, 0.2) is 42.5 Å². The number of rotatable bonds is 4. The molecule has 20 heavy (non-hydrogen) atoms. The van der Waals surface area contributed by atoms with Crippen LogP contribution in [-0.4, -0.2) is 12.5 Å². The Bertz CT molecular complexity index is 608. The number of carbonyl (C=O) groups is 1. The number of hydrogen-bond donors (Lipinski definition) is 2. The highest BCUT2D eigenvalue weighted by Crippen LogP contribution is 2.12. The minimum atomic E-state index is -0.254. The van der Waals surface area contributed by atoms with E-state index >= 15 is 0 Å². The molecule has 3 N–H and O–H groups in total. The predicted octanol–water partition coefficient (Wildman–Crippen LogP) is 2.69. The van der Waals surface area contributed by atoms with Gasteiger partial charge in [0.05, 0.1) is 0 Å². The minimum Gasteiger partial charge on any atom is -0.399 e. The van der Waals surface area contributed by atoms with Gasteiger partial charge in [-0.15, -0.1) is 0 Å². The normalized spacial score (nSPS) is 10.3. The lowest BCUT2D eigenvalue weighted by Gasteiger charge is -2.08. The van der Waals surface area contributed by atoms with E-state index in [9.17, 15) is 9.18 Å². The van der Waals surface area contributed by atoms with Crippen LogP contribution < -0.4 is 11.1 Å². The zero-order valence-corrected chi connectivity index (χ0v) is 11.3. The Kier molecular flexibility index (Phi) is 4.35. The van der Waals surface area contributed by atoms with Gasteiger partial charge in [0, 0.05) is 17.8 Å². The minimum absolute atomic E-state index is 0.121. The van der Waals surface area contributed by atoms with Crippen LogP contribution in [0.5, 0.6) is 0 Å². The third-order valence-corrected chi connectivity index (χ3v) is 3.11. The van der Waals surface area contributed by atoms with E-state index in [4.69, 9.17) is 5.73 Å². The Morgan fingerprint density at radius 1 is 1.20 bits per heavy atom. The summed E-state index contributed by atoms with van der Waals surface area (Å²) < 4.78 is 12.8. The predicted molar refractivity (Wildman–Crippen MR) is 78.0 cm³/mol. The molecule has 0 spiro atoms. The molecule has 3 nitrogen and oxygen atoms in total. The van der Waals surface area contributed by atoms with E-state index in [1.807, 2.05) is 6.92 Å². The van der Waals surface area contributed by atoms with Crippen LogP contribution in [0, 0.1) is 12.7 Å². The summed E-state index contributed by atoms with van der Waals surface area (Å²) in [6.45, 7) is 2.36. The molecule has 2 aromatic carbocycles. The maximum absolute atomic E-state index is 12.8. The first-order chi connectivity index (χ1) is 9.56. The van der Waals surface area contributed by atoms with Gasteiger partial charge in [-0.1, -0.05) is 12.1 Å². The van der Waals surface area contributed by atoms with E-state index in [-0.39, 0.29) is 11.7 Å². The Labute approximate surface area is 117 Å². The highest BCUT2D eigenvalue weighted by atomic mass is 19.1. The lowest BCUT2D eigenvalue weighted by atomic mass is 10.1. The molecule has 0 atom stereocenters. The molecule has 4 heteroatoms. The fourth-order valence-corrected chi connectivity index (χ4v) is 2.01. The molecule has 0 saturated carbocycles. The maximum atomic E-state index is 12.8. The van der Waals surface area contributed by atoms with Crippen LogP contribution >= 0.6 is 0 Å². The van der Waals surface area contributed by atoms with E-state index in [1.165, 1.54) is 12.1 Å². The summed E-state index contributed by atoms with van der Waals surface area (Å²) in [6.07, 6.45) is 0.667. The third-order valence-electron chi connectivity index (χ3n) is 3.11. The summed E-state index contributed by atoms with van der Waals surface area (Å²) in [4.78, 5) is 12.0. The molecular formula is C16H17FN2O. The summed E-state index contributed by atoms with van der Waals surface area (Å²) >= 11 is 0. The zero-order valence-electron chi connectivity index (χ0n) is 11.3. The van der Waals surface area contributed by atoms with Crippen molar-refractivity contribution in [2.45, 2.75) is 13.3 Å². The maximum Gasteiger partial charge on any atom is 0.251 e. The van der Waals surface area contributed by atoms with Gasteiger partial charge in [0.15, 0.2) is 0 Å². The summed E-state index contributed by atoms with van der Waals surface area (Å²) in [5, 5.41) is 2.85. The van der Waals surface area contributed by atoms with Crippen molar-refractivity contribution in [3.63, 3.8) is 0 Å². The first-order valence-corrected chi connectivity index (χ1v) is 6.45. The van der Waals surface area contributed by atoms with Gasteiger partial charge < -0.3 is 11.1 Å². The van der Waals surface area contributed by atoms with Crippen molar-refractivity contribution in [2.24, 2.45) is 0 Å². The average molecular weight is 272 g/mol. The van der Waals surface area contributed by atoms with Gasteiger partial charge in [-0.05, 0) is 54.8 Å². The van der Waals surface area contributed by atoms with Crippen molar-refractivity contribution in [2.75, 3.05) is 12.3 Å².